The molecule has 0 bridgehead atoms. The van der Waals surface area contributed by atoms with Gasteiger partial charge in [-0.1, -0.05) is 29.8 Å². The Kier molecular flexibility index (Phi) is 5.49. The topological polar surface area (TPSA) is 29.9 Å². The van der Waals surface area contributed by atoms with Crippen LogP contribution in [0.5, 0.6) is 0 Å². The average Bonchev–Trinajstić information content (AvgIpc) is 2.65. The van der Waals surface area contributed by atoms with Gasteiger partial charge in [-0.2, -0.15) is 5.10 Å². The van der Waals surface area contributed by atoms with Crippen LogP contribution in [-0.4, -0.2) is 21.2 Å². The van der Waals surface area contributed by atoms with Gasteiger partial charge in [0.15, 0.2) is 0 Å². The van der Waals surface area contributed by atoms with E-state index in [1.165, 1.54) is 11.4 Å². The summed E-state index contributed by atoms with van der Waals surface area (Å²) >= 11 is 3.51. The summed E-state index contributed by atoms with van der Waals surface area (Å²) in [5.41, 5.74) is 2.42. The molecule has 1 rings (SSSR count). The molecule has 3 nitrogen and oxygen atoms in total. The second-order valence-corrected chi connectivity index (χ2v) is 5.05. The summed E-state index contributed by atoms with van der Waals surface area (Å²) in [5, 5.41) is 9.01. The Bertz CT molecular complexity index is 322. The molecule has 1 N–H and O–H groups in total. The van der Waals surface area contributed by atoms with E-state index in [1.807, 2.05) is 11.7 Å². The van der Waals surface area contributed by atoms with E-state index in [1.54, 1.807) is 0 Å². The lowest BCUT2D eigenvalue weighted by Gasteiger charge is -2.19. The van der Waals surface area contributed by atoms with Gasteiger partial charge in [0, 0.05) is 25.0 Å². The minimum absolute atomic E-state index is 0.513. The molecule has 1 aromatic heterocycles. The number of nitrogens with one attached hydrogen (secondary N) is 1. The zero-order valence-corrected chi connectivity index (χ0v) is 12.2. The number of aryl methyl sites for hydroxylation is 2. The summed E-state index contributed by atoms with van der Waals surface area (Å²) in [5.74, 6) is 0.638. The third-order valence-electron chi connectivity index (χ3n) is 3.09. The molecule has 0 spiro atoms. The Morgan fingerprint density at radius 3 is 2.69 bits per heavy atom. The van der Waals surface area contributed by atoms with Crippen molar-refractivity contribution in [3.63, 3.8) is 0 Å². The quantitative estimate of drug-likeness (QED) is 0.815. The minimum Gasteiger partial charge on any atom is -0.308 e. The van der Waals surface area contributed by atoms with Gasteiger partial charge in [0.25, 0.3) is 0 Å². The van der Waals surface area contributed by atoms with Crippen LogP contribution in [-0.2, 0) is 20.0 Å². The van der Waals surface area contributed by atoms with Crippen molar-refractivity contribution in [3.05, 3.63) is 17.5 Å². The van der Waals surface area contributed by atoms with Gasteiger partial charge in [0.05, 0.1) is 11.4 Å². The normalized spacial score (nSPS) is 15.1. The third-order valence-corrected chi connectivity index (χ3v) is 4.11. The maximum absolute atomic E-state index is 4.44. The van der Waals surface area contributed by atoms with Crippen molar-refractivity contribution in [2.75, 3.05) is 5.33 Å². The lowest BCUT2D eigenvalue weighted by atomic mass is 10.1. The molecule has 0 fully saturated rings. The molecule has 0 aliphatic rings. The number of halogens is 1. The van der Waals surface area contributed by atoms with Crippen LogP contribution in [0.15, 0.2) is 6.07 Å². The molecule has 4 heteroatoms. The molecule has 0 saturated heterocycles. The largest absolute Gasteiger partial charge is 0.308 e. The molecule has 0 aliphatic heterocycles. The molecule has 2 unspecified atom stereocenters. The van der Waals surface area contributed by atoms with Crippen LogP contribution >= 0.6 is 15.9 Å². The van der Waals surface area contributed by atoms with Gasteiger partial charge in [-0.15, -0.1) is 0 Å². The first kappa shape index (κ1) is 13.7. The number of alkyl halides is 1. The van der Waals surface area contributed by atoms with Crippen LogP contribution in [0.2, 0.25) is 0 Å². The number of hydrogen-bond donors (Lipinski definition) is 1. The predicted molar refractivity (Wildman–Crippen MR) is 71.8 cm³/mol. The fourth-order valence-electron chi connectivity index (χ4n) is 1.51. The Hall–Kier alpha value is -0.350. The van der Waals surface area contributed by atoms with E-state index in [0.29, 0.717) is 12.0 Å². The number of rotatable bonds is 6. The average molecular weight is 288 g/mol. The number of nitrogens with zero attached hydrogens (tertiary/aromatic N) is 2. The first-order chi connectivity index (χ1) is 7.58. The van der Waals surface area contributed by atoms with Crippen molar-refractivity contribution in [1.29, 1.82) is 0 Å². The lowest BCUT2D eigenvalue weighted by Crippen LogP contribution is -2.32. The fraction of sp³-hybridized carbons (Fsp3) is 0.750. The summed E-state index contributed by atoms with van der Waals surface area (Å²) in [6.07, 6.45) is 1.00. The van der Waals surface area contributed by atoms with Gasteiger partial charge in [0.1, 0.15) is 0 Å². The highest BCUT2D eigenvalue weighted by molar-refractivity contribution is 9.09. The standard InChI is InChI=1S/C12H22BrN3/c1-5-11-6-12(16(4)15-11)8-14-10(3)9(2)7-13/h6,9-10,14H,5,7-8H2,1-4H3. The van der Waals surface area contributed by atoms with Gasteiger partial charge in [0.2, 0.25) is 0 Å². The Labute approximate surface area is 107 Å². The van der Waals surface area contributed by atoms with Crippen molar-refractivity contribution >= 4 is 15.9 Å². The van der Waals surface area contributed by atoms with Crippen molar-refractivity contribution in [2.45, 2.75) is 39.8 Å². The monoisotopic (exact) mass is 287 g/mol. The second kappa shape index (κ2) is 6.40. The molecule has 92 valence electrons. The van der Waals surface area contributed by atoms with Gasteiger partial charge >= 0.3 is 0 Å². The fourth-order valence-corrected chi connectivity index (χ4v) is 2.07. The Balaban J connectivity index is 2.50. The van der Waals surface area contributed by atoms with Crippen molar-refractivity contribution in [1.82, 2.24) is 15.1 Å². The van der Waals surface area contributed by atoms with Crippen LogP contribution in [0.25, 0.3) is 0 Å². The zero-order chi connectivity index (χ0) is 12.1. The predicted octanol–water partition coefficient (Wildman–Crippen LogP) is 2.49. The zero-order valence-electron chi connectivity index (χ0n) is 10.6. The lowest BCUT2D eigenvalue weighted by molar-refractivity contribution is 0.426. The van der Waals surface area contributed by atoms with Crippen LogP contribution in [0.1, 0.15) is 32.2 Å². The van der Waals surface area contributed by atoms with Crippen molar-refractivity contribution in [3.8, 4) is 0 Å². The third kappa shape index (κ3) is 3.59. The maximum Gasteiger partial charge on any atom is 0.0625 e. The molecule has 16 heavy (non-hydrogen) atoms. The smallest absolute Gasteiger partial charge is 0.0625 e. The second-order valence-electron chi connectivity index (χ2n) is 4.41. The molecule has 0 aliphatic carbocycles. The van der Waals surface area contributed by atoms with Crippen LogP contribution in [0.3, 0.4) is 0 Å². The highest BCUT2D eigenvalue weighted by Gasteiger charge is 2.11. The van der Waals surface area contributed by atoms with Crippen molar-refractivity contribution < 1.29 is 0 Å². The van der Waals surface area contributed by atoms with E-state index in [9.17, 15) is 0 Å². The van der Waals surface area contributed by atoms with Crippen LogP contribution < -0.4 is 5.32 Å². The highest BCUT2D eigenvalue weighted by Crippen LogP contribution is 2.08. The summed E-state index contributed by atoms with van der Waals surface area (Å²) in [4.78, 5) is 0. The maximum atomic E-state index is 4.44. The van der Waals surface area contributed by atoms with Gasteiger partial charge < -0.3 is 5.32 Å². The van der Waals surface area contributed by atoms with Gasteiger partial charge in [-0.25, -0.2) is 0 Å². The summed E-state index contributed by atoms with van der Waals surface area (Å²) in [6.45, 7) is 7.49. The molecule has 0 radical (unpaired) electrons. The molecule has 1 aromatic rings. The van der Waals surface area contributed by atoms with Gasteiger partial charge in [-0.3, -0.25) is 4.68 Å². The Morgan fingerprint density at radius 2 is 2.19 bits per heavy atom. The SMILES string of the molecule is CCc1cc(CNC(C)C(C)CBr)n(C)n1. The van der Waals surface area contributed by atoms with E-state index < -0.39 is 0 Å². The van der Waals surface area contributed by atoms with Crippen LogP contribution in [0.4, 0.5) is 0 Å². The first-order valence-electron chi connectivity index (χ1n) is 5.89. The molecule has 0 saturated carbocycles. The highest BCUT2D eigenvalue weighted by atomic mass is 79.9. The van der Waals surface area contributed by atoms with Crippen molar-refractivity contribution in [2.24, 2.45) is 13.0 Å². The molecule has 0 aromatic carbocycles. The number of hydrogen-bond acceptors (Lipinski definition) is 2. The summed E-state index contributed by atoms with van der Waals surface area (Å²) < 4.78 is 1.97. The van der Waals surface area contributed by atoms with Gasteiger partial charge in [-0.05, 0) is 25.3 Å². The van der Waals surface area contributed by atoms with E-state index in [0.717, 1.165) is 18.3 Å². The molecule has 2 atom stereocenters. The van der Waals surface area contributed by atoms with E-state index in [2.05, 4.69) is 53.2 Å². The number of aromatic nitrogens is 2. The molecule has 1 heterocycles. The molecule has 0 amide bonds. The summed E-state index contributed by atoms with van der Waals surface area (Å²) in [7, 11) is 2.01. The van der Waals surface area contributed by atoms with E-state index in [4.69, 9.17) is 0 Å². The molecular weight excluding hydrogens is 266 g/mol. The Morgan fingerprint density at radius 1 is 1.50 bits per heavy atom. The molecular formula is C12H22BrN3. The first-order valence-corrected chi connectivity index (χ1v) is 7.01. The van der Waals surface area contributed by atoms with Crippen LogP contribution in [0, 0.1) is 5.92 Å². The van der Waals surface area contributed by atoms with E-state index in [-0.39, 0.29) is 0 Å². The van der Waals surface area contributed by atoms with E-state index >= 15 is 0 Å². The summed E-state index contributed by atoms with van der Waals surface area (Å²) in [6, 6.07) is 2.69. The minimum atomic E-state index is 0.513.